The molecule has 7 atom stereocenters. The van der Waals surface area contributed by atoms with Crippen molar-refractivity contribution in [1.82, 2.24) is 5.32 Å². The highest BCUT2D eigenvalue weighted by Crippen LogP contribution is 2.73. The number of fused-ring (bicyclic) bond motifs is 7. The lowest BCUT2D eigenvalue weighted by Crippen LogP contribution is -2.69. The van der Waals surface area contributed by atoms with Crippen LogP contribution >= 0.6 is 0 Å². The summed E-state index contributed by atoms with van der Waals surface area (Å²) in [5.74, 6) is 0.515. The third kappa shape index (κ3) is 4.59. The Morgan fingerprint density at radius 3 is 2.30 bits per heavy atom. The van der Waals surface area contributed by atoms with E-state index >= 15 is 0 Å². The number of ether oxygens (including phenoxy) is 1. The monoisotopic (exact) mass is 622 g/mol. The van der Waals surface area contributed by atoms with Gasteiger partial charge >= 0.3 is 0 Å². The van der Waals surface area contributed by atoms with Crippen molar-refractivity contribution >= 4 is 23.5 Å². The molecule has 244 valence electrons. The normalized spacial score (nSPS) is 39.1. The van der Waals surface area contributed by atoms with E-state index in [0.29, 0.717) is 0 Å². The maximum Gasteiger partial charge on any atom is 0.244 e. The number of hydrogen-bond acceptors (Lipinski definition) is 5. The van der Waals surface area contributed by atoms with Crippen molar-refractivity contribution in [3.8, 4) is 11.8 Å². The van der Waals surface area contributed by atoms with Crippen molar-refractivity contribution in [3.05, 3.63) is 59.2 Å². The molecule has 5 aliphatic carbocycles. The second-order valence-corrected chi connectivity index (χ2v) is 17.0. The summed E-state index contributed by atoms with van der Waals surface area (Å²) < 4.78 is 5.26. The lowest BCUT2D eigenvalue weighted by Gasteiger charge is -2.69. The molecule has 0 saturated heterocycles. The average molecular weight is 623 g/mol. The molecule has 3 saturated carbocycles. The van der Waals surface area contributed by atoms with Crippen LogP contribution in [0.3, 0.4) is 0 Å². The Morgan fingerprint density at radius 1 is 0.978 bits per heavy atom. The zero-order valence-electron chi connectivity index (χ0n) is 28.9. The molecule has 6 heteroatoms. The van der Waals surface area contributed by atoms with Crippen LogP contribution in [0.5, 0.6) is 5.75 Å². The van der Waals surface area contributed by atoms with Crippen LogP contribution < -0.4 is 10.1 Å². The molecular weight excluding hydrogens is 572 g/mol. The predicted octanol–water partition coefficient (Wildman–Crippen LogP) is 7.80. The molecule has 0 aromatic heterocycles. The van der Waals surface area contributed by atoms with E-state index in [4.69, 9.17) is 4.74 Å². The quantitative estimate of drug-likeness (QED) is 0.346. The zero-order chi connectivity index (χ0) is 33.5. The van der Waals surface area contributed by atoms with Crippen LogP contribution in [0.1, 0.15) is 99.0 Å². The maximum absolute atomic E-state index is 14.7. The molecule has 0 heterocycles. The molecule has 6 rings (SSSR count). The fourth-order valence-electron chi connectivity index (χ4n) is 11.0. The number of carbonyl (C=O) groups excluding carboxylic acids is 3. The topological polar surface area (TPSA) is 96.3 Å². The zero-order valence-corrected chi connectivity index (χ0v) is 28.9. The van der Waals surface area contributed by atoms with Gasteiger partial charge in [0.2, 0.25) is 5.91 Å². The molecule has 0 radical (unpaired) electrons. The van der Waals surface area contributed by atoms with Crippen molar-refractivity contribution in [2.24, 2.45) is 44.8 Å². The van der Waals surface area contributed by atoms with Crippen molar-refractivity contribution in [1.29, 1.82) is 5.26 Å². The Labute approximate surface area is 274 Å². The SMILES string of the molecule is COc1ccc(/C=C/C(=O)N[C@]23CCC(C)(C)C[C@H]2[C@H]2C(=O)C=C4[C@@]5(C)C=C(C#N)C(=O)C(C)(C)[C@@H]5CC[C@@]4(C)[C@]2(C)CC3)cc1. The van der Waals surface area contributed by atoms with Crippen LogP contribution in [0.2, 0.25) is 0 Å². The lowest BCUT2D eigenvalue weighted by molar-refractivity contribution is -0.163. The molecule has 1 aromatic carbocycles. The third-order valence-corrected chi connectivity index (χ3v) is 13.8. The molecule has 1 amide bonds. The van der Waals surface area contributed by atoms with E-state index in [-0.39, 0.29) is 57.0 Å². The smallest absolute Gasteiger partial charge is 0.244 e. The number of nitriles is 1. The Balaban J connectivity index is 1.39. The third-order valence-electron chi connectivity index (χ3n) is 13.8. The minimum absolute atomic E-state index is 0.00979. The summed E-state index contributed by atoms with van der Waals surface area (Å²) in [5, 5.41) is 13.5. The summed E-state index contributed by atoms with van der Waals surface area (Å²) in [6.45, 7) is 15.4. The summed E-state index contributed by atoms with van der Waals surface area (Å²) in [6, 6.07) is 9.81. The number of Topliss-reactive ketones (excluding diaryl/α,β-unsaturated/α-hetero) is 1. The Morgan fingerprint density at radius 2 is 1.65 bits per heavy atom. The molecule has 5 aliphatic rings. The van der Waals surface area contributed by atoms with Gasteiger partial charge in [0.05, 0.1) is 12.7 Å². The maximum atomic E-state index is 14.7. The minimum Gasteiger partial charge on any atom is -0.497 e. The number of ketones is 2. The number of hydrogen-bond donors (Lipinski definition) is 1. The Bertz CT molecular complexity index is 1620. The van der Waals surface area contributed by atoms with Gasteiger partial charge in [-0.05, 0) is 103 Å². The summed E-state index contributed by atoms with van der Waals surface area (Å²) >= 11 is 0. The summed E-state index contributed by atoms with van der Waals surface area (Å²) in [5.41, 5.74) is 0.00418. The van der Waals surface area contributed by atoms with Gasteiger partial charge in [0.15, 0.2) is 11.6 Å². The number of carbonyl (C=O) groups is 3. The van der Waals surface area contributed by atoms with Gasteiger partial charge in [-0.3, -0.25) is 14.4 Å². The fourth-order valence-corrected chi connectivity index (χ4v) is 11.0. The Kier molecular flexibility index (Phi) is 7.43. The molecule has 0 spiro atoms. The van der Waals surface area contributed by atoms with E-state index < -0.39 is 16.4 Å². The first kappa shape index (κ1) is 32.5. The molecule has 46 heavy (non-hydrogen) atoms. The second-order valence-electron chi connectivity index (χ2n) is 17.0. The number of nitrogens with one attached hydrogen (secondary N) is 1. The molecule has 3 fully saturated rings. The van der Waals surface area contributed by atoms with Gasteiger partial charge in [0.25, 0.3) is 0 Å². The van der Waals surface area contributed by atoms with E-state index in [0.717, 1.165) is 61.8 Å². The highest BCUT2D eigenvalue weighted by Gasteiger charge is 2.70. The number of rotatable bonds is 4. The van der Waals surface area contributed by atoms with Gasteiger partial charge < -0.3 is 10.1 Å². The highest BCUT2D eigenvalue weighted by molar-refractivity contribution is 6.04. The first-order valence-corrected chi connectivity index (χ1v) is 17.0. The molecule has 0 aliphatic heterocycles. The van der Waals surface area contributed by atoms with Gasteiger partial charge in [-0.15, -0.1) is 0 Å². The highest BCUT2D eigenvalue weighted by atomic mass is 16.5. The van der Waals surface area contributed by atoms with Gasteiger partial charge in [0, 0.05) is 28.4 Å². The number of methoxy groups -OCH3 is 1. The predicted molar refractivity (Wildman–Crippen MR) is 179 cm³/mol. The average Bonchev–Trinajstić information content (AvgIpc) is 3.00. The van der Waals surface area contributed by atoms with Gasteiger partial charge in [0.1, 0.15) is 11.8 Å². The summed E-state index contributed by atoms with van der Waals surface area (Å²) in [7, 11) is 1.63. The van der Waals surface area contributed by atoms with Gasteiger partial charge in [-0.25, -0.2) is 0 Å². The van der Waals surface area contributed by atoms with Gasteiger partial charge in [-0.1, -0.05) is 72.2 Å². The first-order valence-electron chi connectivity index (χ1n) is 17.0. The van der Waals surface area contributed by atoms with Crippen LogP contribution in [-0.2, 0) is 14.4 Å². The van der Waals surface area contributed by atoms with Crippen molar-refractivity contribution in [3.63, 3.8) is 0 Å². The first-order chi connectivity index (χ1) is 21.5. The van der Waals surface area contributed by atoms with Crippen LogP contribution in [-0.4, -0.2) is 30.1 Å². The largest absolute Gasteiger partial charge is 0.497 e. The summed E-state index contributed by atoms with van der Waals surface area (Å²) in [4.78, 5) is 41.7. The number of allylic oxidation sites excluding steroid dienone is 4. The molecular formula is C40H50N2O4. The second kappa shape index (κ2) is 10.5. The van der Waals surface area contributed by atoms with Gasteiger partial charge in [-0.2, -0.15) is 5.26 Å². The van der Waals surface area contributed by atoms with Crippen molar-refractivity contribution < 1.29 is 19.1 Å². The van der Waals surface area contributed by atoms with Crippen molar-refractivity contribution in [2.75, 3.05) is 7.11 Å². The van der Waals surface area contributed by atoms with Crippen molar-refractivity contribution in [2.45, 2.75) is 99.0 Å². The number of amides is 1. The Hall–Kier alpha value is -3.46. The molecule has 1 aromatic rings. The number of nitrogens with zero attached hydrogens (tertiary/aromatic N) is 1. The lowest BCUT2D eigenvalue weighted by atomic mass is 9.35. The van der Waals surface area contributed by atoms with E-state index in [1.54, 1.807) is 13.2 Å². The standard InChI is InChI=1S/C40H50N2O4/c1-35(2)17-19-40(42-32(44)14-11-25-9-12-27(46-8)13-10-25)20-18-39(7)33(28(40)23-35)29(43)21-31-37(5)22-26(24-41)34(45)36(3,4)30(37)15-16-38(31,39)6/h9-14,21-22,28,30,33H,15-20,23H2,1-8H3,(H,42,44)/b14-11+/t28-,30-,33-,37-,38+,39+,40-/m0/s1. The van der Waals surface area contributed by atoms with Crippen LogP contribution in [0, 0.1) is 56.2 Å². The molecule has 0 unspecified atom stereocenters. The van der Waals surface area contributed by atoms with E-state index in [2.05, 4.69) is 46.0 Å². The van der Waals surface area contributed by atoms with E-state index in [9.17, 15) is 19.6 Å². The van der Waals surface area contributed by atoms with E-state index in [1.165, 1.54) is 0 Å². The van der Waals surface area contributed by atoms with Crippen LogP contribution in [0.15, 0.2) is 53.6 Å². The minimum atomic E-state index is -0.684. The number of benzene rings is 1. The summed E-state index contributed by atoms with van der Waals surface area (Å²) in [6.07, 6.45) is 13.4. The van der Waals surface area contributed by atoms with Crippen LogP contribution in [0.4, 0.5) is 0 Å². The molecule has 6 nitrogen and oxygen atoms in total. The van der Waals surface area contributed by atoms with Crippen LogP contribution in [0.25, 0.3) is 6.08 Å². The fraction of sp³-hybridized carbons (Fsp3) is 0.600. The van der Waals surface area contributed by atoms with E-state index in [1.807, 2.05) is 56.3 Å². The molecule has 0 bridgehead atoms. The molecule has 1 N–H and O–H groups in total.